The van der Waals surface area contributed by atoms with Gasteiger partial charge < -0.3 is 9.47 Å². The Bertz CT molecular complexity index is 1660. The Kier molecular flexibility index (Phi) is 10.9. The highest BCUT2D eigenvalue weighted by Crippen LogP contribution is 2.47. The molecule has 0 amide bonds. The van der Waals surface area contributed by atoms with Crippen LogP contribution in [0.2, 0.25) is 0 Å². The third-order valence-electron chi connectivity index (χ3n) is 8.85. The van der Waals surface area contributed by atoms with Crippen molar-refractivity contribution in [3.63, 3.8) is 0 Å². The molecular formula is C44H42O2P2. The van der Waals surface area contributed by atoms with E-state index >= 15 is 0 Å². The van der Waals surface area contributed by atoms with Crippen molar-refractivity contribution in [2.24, 2.45) is 0 Å². The van der Waals surface area contributed by atoms with Gasteiger partial charge in [-0.25, -0.2) is 0 Å². The molecule has 0 aliphatic carbocycles. The van der Waals surface area contributed by atoms with Crippen LogP contribution in [-0.2, 0) is 0 Å². The molecule has 0 N–H and O–H groups in total. The molecule has 0 radical (unpaired) electrons. The number of ether oxygens (including phenoxy) is 2. The molecule has 1 heterocycles. The molecule has 0 fully saturated rings. The van der Waals surface area contributed by atoms with E-state index in [1.165, 1.54) is 68.6 Å². The van der Waals surface area contributed by atoms with Crippen LogP contribution in [0.3, 0.4) is 0 Å². The van der Waals surface area contributed by atoms with Crippen LogP contribution in [0.25, 0.3) is 11.1 Å². The van der Waals surface area contributed by atoms with Gasteiger partial charge in [-0.15, -0.1) is 0 Å². The molecule has 0 saturated carbocycles. The molecule has 0 aromatic heterocycles. The smallest absolute Gasteiger partial charge is 0.127 e. The minimum atomic E-state index is -0.911. The quantitative estimate of drug-likeness (QED) is 0.166. The lowest BCUT2D eigenvalue weighted by Gasteiger charge is -2.29. The van der Waals surface area contributed by atoms with E-state index in [2.05, 4.69) is 158 Å². The Morgan fingerprint density at radius 1 is 0.312 bits per heavy atom. The minimum absolute atomic E-state index is 0.704. The van der Waals surface area contributed by atoms with E-state index in [4.69, 9.17) is 9.47 Å². The zero-order valence-electron chi connectivity index (χ0n) is 27.4. The van der Waals surface area contributed by atoms with Gasteiger partial charge in [-0.3, -0.25) is 0 Å². The molecule has 0 bridgehead atoms. The van der Waals surface area contributed by atoms with E-state index in [1.54, 1.807) is 0 Å². The van der Waals surface area contributed by atoms with Gasteiger partial charge in [0.1, 0.15) is 11.5 Å². The maximum atomic E-state index is 6.86. The predicted molar refractivity (Wildman–Crippen MR) is 208 cm³/mol. The number of benzene rings is 6. The van der Waals surface area contributed by atoms with E-state index in [0.29, 0.717) is 13.2 Å². The van der Waals surface area contributed by atoms with Crippen molar-refractivity contribution in [2.45, 2.75) is 38.5 Å². The van der Waals surface area contributed by atoms with Crippen molar-refractivity contribution in [2.75, 3.05) is 13.2 Å². The number of hydrogen-bond acceptors (Lipinski definition) is 2. The van der Waals surface area contributed by atoms with Crippen molar-refractivity contribution in [3.8, 4) is 22.6 Å². The molecule has 0 unspecified atom stereocenters. The monoisotopic (exact) mass is 664 g/mol. The highest BCUT2D eigenvalue weighted by molar-refractivity contribution is 7.80. The molecular weight excluding hydrogens is 622 g/mol. The Labute approximate surface area is 288 Å². The van der Waals surface area contributed by atoms with E-state index < -0.39 is 15.8 Å². The summed E-state index contributed by atoms with van der Waals surface area (Å²) in [6.45, 7) is 1.41. The third-order valence-corrected chi connectivity index (χ3v) is 13.8. The van der Waals surface area contributed by atoms with Crippen molar-refractivity contribution in [1.82, 2.24) is 0 Å². The Hall–Kier alpha value is -4.22. The third kappa shape index (κ3) is 7.42. The van der Waals surface area contributed by atoms with Crippen LogP contribution in [0.1, 0.15) is 38.5 Å². The van der Waals surface area contributed by atoms with Crippen LogP contribution < -0.4 is 41.3 Å². The van der Waals surface area contributed by atoms with Gasteiger partial charge in [-0.2, -0.15) is 0 Å². The van der Waals surface area contributed by atoms with Gasteiger partial charge in [0.05, 0.1) is 13.2 Å². The second-order valence-electron chi connectivity index (χ2n) is 12.1. The topological polar surface area (TPSA) is 18.5 Å². The molecule has 1 aliphatic rings. The van der Waals surface area contributed by atoms with Gasteiger partial charge in [0.15, 0.2) is 0 Å². The highest BCUT2D eigenvalue weighted by Gasteiger charge is 2.30. The highest BCUT2D eigenvalue weighted by atomic mass is 31.1. The fourth-order valence-corrected chi connectivity index (χ4v) is 11.5. The molecule has 0 spiro atoms. The molecule has 6 aromatic rings. The summed E-state index contributed by atoms with van der Waals surface area (Å²) in [7, 11) is -1.82. The molecule has 6 aromatic carbocycles. The molecule has 1 aliphatic heterocycles. The van der Waals surface area contributed by atoms with Gasteiger partial charge in [0.25, 0.3) is 0 Å². The lowest BCUT2D eigenvalue weighted by molar-refractivity contribution is 0.294. The molecule has 240 valence electrons. The summed E-state index contributed by atoms with van der Waals surface area (Å²) in [5.74, 6) is 1.88. The molecule has 4 heteroatoms. The Morgan fingerprint density at radius 3 is 0.958 bits per heavy atom. The van der Waals surface area contributed by atoms with Gasteiger partial charge in [-0.1, -0.05) is 171 Å². The largest absolute Gasteiger partial charge is 0.493 e. The molecule has 0 saturated heterocycles. The van der Waals surface area contributed by atoms with Gasteiger partial charge in [0, 0.05) is 11.1 Å². The predicted octanol–water partition coefficient (Wildman–Crippen LogP) is 8.98. The second kappa shape index (κ2) is 16.3. The molecule has 48 heavy (non-hydrogen) atoms. The van der Waals surface area contributed by atoms with Crippen molar-refractivity contribution < 1.29 is 9.47 Å². The van der Waals surface area contributed by atoms with Crippen LogP contribution in [-0.4, -0.2) is 13.2 Å². The van der Waals surface area contributed by atoms with E-state index in [-0.39, 0.29) is 0 Å². The van der Waals surface area contributed by atoms with Crippen molar-refractivity contribution in [3.05, 3.63) is 158 Å². The van der Waals surface area contributed by atoms with Crippen LogP contribution in [0, 0.1) is 0 Å². The average molecular weight is 665 g/mol. The normalized spacial score (nSPS) is 13.9. The van der Waals surface area contributed by atoms with Crippen molar-refractivity contribution >= 4 is 47.7 Å². The van der Waals surface area contributed by atoms with Crippen LogP contribution in [0.5, 0.6) is 11.5 Å². The average Bonchev–Trinajstić information content (AvgIpc) is 3.15. The number of rotatable bonds is 6. The molecule has 7 rings (SSSR count). The SMILES string of the molecule is c1ccc(P(c2ccccc2)c2cccc3c2-c2c(cccc2P(c2ccccc2)c2ccccc2)OCCCCCCCCO3)cc1. The minimum Gasteiger partial charge on any atom is -0.493 e. The fourth-order valence-electron chi connectivity index (χ4n) is 6.59. The van der Waals surface area contributed by atoms with Crippen LogP contribution in [0.15, 0.2) is 158 Å². The molecule has 2 nitrogen and oxygen atoms in total. The zero-order chi connectivity index (χ0) is 32.4. The summed E-state index contributed by atoms with van der Waals surface area (Å²) in [4.78, 5) is 0. The number of fused-ring (bicyclic) bond motifs is 3. The number of hydrogen-bond donors (Lipinski definition) is 0. The summed E-state index contributed by atoms with van der Waals surface area (Å²) < 4.78 is 13.7. The van der Waals surface area contributed by atoms with Crippen molar-refractivity contribution in [1.29, 1.82) is 0 Å². The summed E-state index contributed by atoms with van der Waals surface area (Å²) in [5, 5.41) is 7.86. The maximum absolute atomic E-state index is 6.86. The van der Waals surface area contributed by atoms with Gasteiger partial charge in [-0.05, 0) is 72.6 Å². The van der Waals surface area contributed by atoms with Crippen LogP contribution >= 0.6 is 15.8 Å². The summed E-state index contributed by atoms with van der Waals surface area (Å²) in [5.41, 5.74) is 2.33. The lowest BCUT2D eigenvalue weighted by Crippen LogP contribution is -2.26. The second-order valence-corrected chi connectivity index (χ2v) is 16.5. The first-order chi connectivity index (χ1) is 23.9. The van der Waals surface area contributed by atoms with E-state index in [0.717, 1.165) is 24.3 Å². The summed E-state index contributed by atoms with van der Waals surface area (Å²) >= 11 is 0. The van der Waals surface area contributed by atoms with Gasteiger partial charge in [0.2, 0.25) is 0 Å². The lowest BCUT2D eigenvalue weighted by atomic mass is 10.0. The Balaban J connectivity index is 1.54. The van der Waals surface area contributed by atoms with Gasteiger partial charge >= 0.3 is 0 Å². The molecule has 0 atom stereocenters. The zero-order valence-corrected chi connectivity index (χ0v) is 29.2. The Morgan fingerprint density at radius 2 is 0.625 bits per heavy atom. The maximum Gasteiger partial charge on any atom is 0.127 e. The first-order valence-electron chi connectivity index (χ1n) is 17.2. The first kappa shape index (κ1) is 32.3. The summed E-state index contributed by atoms with van der Waals surface area (Å²) in [6, 6.07) is 57.5. The first-order valence-corrected chi connectivity index (χ1v) is 19.9. The van der Waals surface area contributed by atoms with Crippen LogP contribution in [0.4, 0.5) is 0 Å². The van der Waals surface area contributed by atoms with E-state index in [9.17, 15) is 0 Å². The van der Waals surface area contributed by atoms with E-state index in [1.807, 2.05) is 0 Å². The fraction of sp³-hybridized carbons (Fsp3) is 0.182. The summed E-state index contributed by atoms with van der Waals surface area (Å²) in [6.07, 6.45) is 6.96. The standard InChI is InChI=1S/C44H42O2P2/c1-2-4-18-34-46-40-30-20-32-42(48(37-25-13-7-14-26-37)38-27-15-8-16-28-38)44(40)43-39(45-33-17-3-1)29-19-31-41(43)47(35-21-9-5-10-22-35)36-23-11-6-12-24-36/h5-16,19-32H,1-4,17-18,33-34H2.